The third-order valence-electron chi connectivity index (χ3n) is 3.83. The summed E-state index contributed by atoms with van der Waals surface area (Å²) in [6.45, 7) is 6.03. The maximum absolute atomic E-state index is 12.1. The maximum atomic E-state index is 12.1. The van der Waals surface area contributed by atoms with Gasteiger partial charge in [-0.1, -0.05) is 13.8 Å². The minimum absolute atomic E-state index is 0.192. The van der Waals surface area contributed by atoms with Crippen molar-refractivity contribution < 1.29 is 13.5 Å². The highest BCUT2D eigenvalue weighted by Crippen LogP contribution is 2.19. The van der Waals surface area contributed by atoms with Gasteiger partial charge in [-0.3, -0.25) is 0 Å². The smallest absolute Gasteiger partial charge is 0.242 e. The Bertz CT molecular complexity index is 564. The molecule has 0 saturated carbocycles. The van der Waals surface area contributed by atoms with Gasteiger partial charge < -0.3 is 10.0 Å². The number of nitrogens with zero attached hydrogens (tertiary/aromatic N) is 2. The lowest BCUT2D eigenvalue weighted by atomic mass is 10.1. The molecule has 2 heterocycles. The van der Waals surface area contributed by atoms with Crippen molar-refractivity contribution in [2.45, 2.75) is 44.1 Å². The van der Waals surface area contributed by atoms with Gasteiger partial charge in [0.05, 0.1) is 6.10 Å². The van der Waals surface area contributed by atoms with Gasteiger partial charge in [-0.15, -0.1) is 0 Å². The van der Waals surface area contributed by atoms with Crippen molar-refractivity contribution in [2.24, 2.45) is 5.92 Å². The van der Waals surface area contributed by atoms with Crippen molar-refractivity contribution in [3.63, 3.8) is 0 Å². The zero-order chi connectivity index (χ0) is 16.2. The van der Waals surface area contributed by atoms with Crippen LogP contribution in [0.3, 0.4) is 0 Å². The van der Waals surface area contributed by atoms with Crippen LogP contribution in [0.5, 0.6) is 0 Å². The van der Waals surface area contributed by atoms with Gasteiger partial charge in [0, 0.05) is 25.8 Å². The van der Waals surface area contributed by atoms with Gasteiger partial charge in [0.15, 0.2) is 0 Å². The van der Waals surface area contributed by atoms with Gasteiger partial charge in [-0.25, -0.2) is 18.1 Å². The summed E-state index contributed by atoms with van der Waals surface area (Å²) in [6, 6.07) is 3.32. The average Bonchev–Trinajstić information content (AvgIpc) is 2.47. The molecule has 0 bridgehead atoms. The molecule has 2 N–H and O–H groups in total. The second kappa shape index (κ2) is 7.39. The van der Waals surface area contributed by atoms with Crippen LogP contribution in [0.1, 0.15) is 33.1 Å². The van der Waals surface area contributed by atoms with Crippen molar-refractivity contribution in [3.05, 3.63) is 18.3 Å². The van der Waals surface area contributed by atoms with E-state index in [9.17, 15) is 13.5 Å². The first-order chi connectivity index (χ1) is 10.4. The van der Waals surface area contributed by atoms with Crippen LogP contribution in [0.4, 0.5) is 5.82 Å². The van der Waals surface area contributed by atoms with E-state index in [-0.39, 0.29) is 11.0 Å². The van der Waals surface area contributed by atoms with E-state index < -0.39 is 10.0 Å². The number of hydrogen-bond acceptors (Lipinski definition) is 5. The Balaban J connectivity index is 1.98. The SMILES string of the molecule is CC(C)CCNS(=O)(=O)c1ccc(N2CCC(O)CC2)nc1. The lowest BCUT2D eigenvalue weighted by Gasteiger charge is -2.30. The molecular formula is C15H25N3O3S. The number of rotatable bonds is 6. The number of sulfonamides is 1. The predicted molar refractivity (Wildman–Crippen MR) is 86.3 cm³/mol. The van der Waals surface area contributed by atoms with Crippen molar-refractivity contribution in [3.8, 4) is 0 Å². The molecular weight excluding hydrogens is 302 g/mol. The molecule has 22 heavy (non-hydrogen) atoms. The normalized spacial score (nSPS) is 17.2. The Kier molecular flexibility index (Phi) is 5.77. The monoisotopic (exact) mass is 327 g/mol. The molecule has 0 spiro atoms. The molecule has 124 valence electrons. The quantitative estimate of drug-likeness (QED) is 0.824. The molecule has 7 heteroatoms. The molecule has 6 nitrogen and oxygen atoms in total. The van der Waals surface area contributed by atoms with Crippen LogP contribution < -0.4 is 9.62 Å². The number of aromatic nitrogens is 1. The van der Waals surface area contributed by atoms with Crippen LogP contribution in [-0.4, -0.2) is 44.2 Å². The minimum Gasteiger partial charge on any atom is -0.393 e. The molecule has 1 saturated heterocycles. The van der Waals surface area contributed by atoms with Gasteiger partial charge in [0.2, 0.25) is 10.0 Å². The number of nitrogens with one attached hydrogen (secondary N) is 1. The van der Waals surface area contributed by atoms with Crippen LogP contribution in [0.15, 0.2) is 23.2 Å². The second-order valence-electron chi connectivity index (χ2n) is 6.15. The van der Waals surface area contributed by atoms with Crippen molar-refractivity contribution in [2.75, 3.05) is 24.5 Å². The molecule has 0 aromatic carbocycles. The largest absolute Gasteiger partial charge is 0.393 e. The number of aliphatic hydroxyl groups excluding tert-OH is 1. The van der Waals surface area contributed by atoms with E-state index in [1.165, 1.54) is 6.20 Å². The van der Waals surface area contributed by atoms with Gasteiger partial charge in [0.1, 0.15) is 10.7 Å². The first kappa shape index (κ1) is 17.2. The fourth-order valence-corrected chi connectivity index (χ4v) is 3.37. The zero-order valence-corrected chi connectivity index (χ0v) is 14.0. The highest BCUT2D eigenvalue weighted by atomic mass is 32.2. The van der Waals surface area contributed by atoms with E-state index in [1.54, 1.807) is 12.1 Å². The molecule has 0 atom stereocenters. The third-order valence-corrected chi connectivity index (χ3v) is 5.28. The Morgan fingerprint density at radius 3 is 2.59 bits per heavy atom. The van der Waals surface area contributed by atoms with Crippen LogP contribution >= 0.6 is 0 Å². The van der Waals surface area contributed by atoms with Crippen LogP contribution in [-0.2, 0) is 10.0 Å². The molecule has 0 aliphatic carbocycles. The maximum Gasteiger partial charge on any atom is 0.242 e. The summed E-state index contributed by atoms with van der Waals surface area (Å²) in [6.07, 6.45) is 3.41. The molecule has 0 amide bonds. The van der Waals surface area contributed by atoms with E-state index in [4.69, 9.17) is 0 Å². The molecule has 1 fully saturated rings. The summed E-state index contributed by atoms with van der Waals surface area (Å²) in [4.78, 5) is 6.52. The van der Waals surface area contributed by atoms with E-state index in [1.807, 2.05) is 0 Å². The lowest BCUT2D eigenvalue weighted by molar-refractivity contribution is 0.145. The van der Waals surface area contributed by atoms with Gasteiger partial charge in [0.25, 0.3) is 0 Å². The minimum atomic E-state index is -3.48. The second-order valence-corrected chi connectivity index (χ2v) is 7.92. The average molecular weight is 327 g/mol. The topological polar surface area (TPSA) is 82.5 Å². The van der Waals surface area contributed by atoms with E-state index in [2.05, 4.69) is 28.5 Å². The summed E-state index contributed by atoms with van der Waals surface area (Å²) < 4.78 is 26.9. The fraction of sp³-hybridized carbons (Fsp3) is 0.667. The van der Waals surface area contributed by atoms with Crippen LogP contribution in [0.25, 0.3) is 0 Å². The van der Waals surface area contributed by atoms with E-state index >= 15 is 0 Å². The summed E-state index contributed by atoms with van der Waals surface area (Å²) in [5.41, 5.74) is 0. The number of anilines is 1. The Hall–Kier alpha value is -1.18. The highest BCUT2D eigenvalue weighted by molar-refractivity contribution is 7.89. The fourth-order valence-electron chi connectivity index (χ4n) is 2.38. The van der Waals surface area contributed by atoms with Crippen molar-refractivity contribution in [1.82, 2.24) is 9.71 Å². The first-order valence-electron chi connectivity index (χ1n) is 7.77. The van der Waals surface area contributed by atoms with Crippen LogP contribution in [0.2, 0.25) is 0 Å². The lowest BCUT2D eigenvalue weighted by Crippen LogP contribution is -2.36. The molecule has 1 aliphatic rings. The molecule has 0 radical (unpaired) electrons. The Labute approximate surface area is 132 Å². The molecule has 0 unspecified atom stereocenters. The summed E-state index contributed by atoms with van der Waals surface area (Å²) in [5.74, 6) is 1.21. The highest BCUT2D eigenvalue weighted by Gasteiger charge is 2.19. The molecule has 1 aliphatic heterocycles. The zero-order valence-electron chi connectivity index (χ0n) is 13.2. The Morgan fingerprint density at radius 2 is 2.05 bits per heavy atom. The number of aliphatic hydroxyl groups is 1. The van der Waals surface area contributed by atoms with E-state index in [0.717, 1.165) is 38.2 Å². The molecule has 2 rings (SSSR count). The molecule has 1 aromatic rings. The summed E-state index contributed by atoms with van der Waals surface area (Å²) >= 11 is 0. The van der Waals surface area contributed by atoms with Crippen LogP contribution in [0, 0.1) is 5.92 Å². The number of piperidine rings is 1. The van der Waals surface area contributed by atoms with Gasteiger partial charge in [-0.2, -0.15) is 0 Å². The standard InChI is InChI=1S/C15H25N3O3S/c1-12(2)5-8-17-22(20,21)14-3-4-15(16-11-14)18-9-6-13(19)7-10-18/h3-4,11-13,17,19H,5-10H2,1-2H3. The number of pyridine rings is 1. The van der Waals surface area contributed by atoms with Crippen molar-refractivity contribution >= 4 is 15.8 Å². The van der Waals surface area contributed by atoms with Gasteiger partial charge in [-0.05, 0) is 37.3 Å². The van der Waals surface area contributed by atoms with Crippen molar-refractivity contribution in [1.29, 1.82) is 0 Å². The van der Waals surface area contributed by atoms with Gasteiger partial charge >= 0.3 is 0 Å². The predicted octanol–water partition coefficient (Wildman–Crippen LogP) is 1.37. The van der Waals surface area contributed by atoms with E-state index in [0.29, 0.717) is 12.5 Å². The summed E-state index contributed by atoms with van der Waals surface area (Å²) in [5, 5.41) is 9.51. The molecule has 1 aromatic heterocycles. The Morgan fingerprint density at radius 1 is 1.36 bits per heavy atom. The summed E-state index contributed by atoms with van der Waals surface area (Å²) in [7, 11) is -3.48. The first-order valence-corrected chi connectivity index (χ1v) is 9.25. The third kappa shape index (κ3) is 4.66. The number of hydrogen-bond donors (Lipinski definition) is 2.